The smallest absolute Gasteiger partial charge is 0.256 e. The molecule has 0 amide bonds. The minimum absolute atomic E-state index is 0.0932. The van der Waals surface area contributed by atoms with Crippen molar-refractivity contribution in [1.82, 2.24) is 4.98 Å². The topological polar surface area (TPSA) is 49.9 Å². The van der Waals surface area contributed by atoms with Crippen LogP contribution < -0.4 is 5.56 Å². The van der Waals surface area contributed by atoms with Gasteiger partial charge in [-0.05, 0) is 67.4 Å². The number of H-pyrrole nitrogens is 1. The molecule has 0 radical (unpaired) electrons. The van der Waals surface area contributed by atoms with Crippen LogP contribution in [0.25, 0.3) is 22.0 Å². The van der Waals surface area contributed by atoms with Gasteiger partial charge in [0.25, 0.3) is 5.56 Å². The Morgan fingerprint density at radius 1 is 1.05 bits per heavy atom. The molecule has 1 heterocycles. The Bertz CT molecular complexity index is 940. The number of hydrogen-bond acceptors (Lipinski definition) is 2. The van der Waals surface area contributed by atoms with Gasteiger partial charge in [-0.25, -0.2) is 4.39 Å². The van der Waals surface area contributed by atoms with Crippen molar-refractivity contribution < 1.29 is 9.18 Å². The van der Waals surface area contributed by atoms with Crippen molar-refractivity contribution in [2.75, 3.05) is 0 Å². The first kappa shape index (κ1) is 14.2. The van der Waals surface area contributed by atoms with Gasteiger partial charge < -0.3 is 4.98 Å². The van der Waals surface area contributed by atoms with E-state index in [1.807, 2.05) is 6.92 Å². The van der Waals surface area contributed by atoms with Crippen molar-refractivity contribution in [3.63, 3.8) is 0 Å². The molecule has 0 bridgehead atoms. The molecule has 2 aromatic carbocycles. The van der Waals surface area contributed by atoms with Crippen LogP contribution in [0, 0.1) is 12.7 Å². The summed E-state index contributed by atoms with van der Waals surface area (Å²) in [5.41, 5.74) is 2.37. The summed E-state index contributed by atoms with van der Waals surface area (Å²) in [7, 11) is 0. The lowest BCUT2D eigenvalue weighted by Crippen LogP contribution is -2.09. The van der Waals surface area contributed by atoms with Gasteiger partial charge in [0.1, 0.15) is 5.82 Å². The van der Waals surface area contributed by atoms with E-state index in [2.05, 4.69) is 4.98 Å². The zero-order chi connectivity index (χ0) is 15.9. The van der Waals surface area contributed by atoms with Gasteiger partial charge in [0, 0.05) is 22.0 Å². The summed E-state index contributed by atoms with van der Waals surface area (Å²) < 4.78 is 13.0. The number of aromatic amines is 1. The molecular formula is C18H14FNO2. The summed E-state index contributed by atoms with van der Waals surface area (Å²) in [4.78, 5) is 27.0. The molecule has 0 atom stereocenters. The van der Waals surface area contributed by atoms with Crippen LogP contribution in [0.4, 0.5) is 4.39 Å². The van der Waals surface area contributed by atoms with Crippen LogP contribution in [0.2, 0.25) is 0 Å². The molecule has 0 spiro atoms. The molecule has 3 aromatic rings. The maximum absolute atomic E-state index is 13.0. The quantitative estimate of drug-likeness (QED) is 0.730. The molecule has 0 aliphatic carbocycles. The Labute approximate surface area is 126 Å². The second-order valence-electron chi connectivity index (χ2n) is 5.35. The van der Waals surface area contributed by atoms with Gasteiger partial charge in [0.2, 0.25) is 0 Å². The summed E-state index contributed by atoms with van der Waals surface area (Å²) in [6.45, 7) is 3.33. The highest BCUT2D eigenvalue weighted by molar-refractivity contribution is 6.07. The summed E-state index contributed by atoms with van der Waals surface area (Å²) >= 11 is 0. The molecule has 22 heavy (non-hydrogen) atoms. The number of aryl methyl sites for hydroxylation is 1. The molecule has 0 saturated heterocycles. The fourth-order valence-electron chi connectivity index (χ4n) is 2.59. The Hall–Kier alpha value is -2.75. The first-order valence-corrected chi connectivity index (χ1v) is 6.90. The molecule has 1 aromatic heterocycles. The van der Waals surface area contributed by atoms with Crippen LogP contribution in [0.5, 0.6) is 0 Å². The molecule has 110 valence electrons. The van der Waals surface area contributed by atoms with E-state index in [1.165, 1.54) is 19.1 Å². The van der Waals surface area contributed by atoms with E-state index in [4.69, 9.17) is 0 Å². The average Bonchev–Trinajstić information content (AvgIpc) is 2.47. The SMILES string of the molecule is CC(=O)c1cc(C)cc2c(=O)[nH]c(-c3ccc(F)cc3)cc12. The normalized spacial score (nSPS) is 10.9. The number of hydrogen-bond donors (Lipinski definition) is 1. The number of Topliss-reactive ketones (excluding diaryl/α,β-unsaturated/α-hetero) is 1. The summed E-state index contributed by atoms with van der Waals surface area (Å²) in [6.07, 6.45) is 0. The number of pyridine rings is 1. The molecule has 0 saturated carbocycles. The Morgan fingerprint density at radius 2 is 1.73 bits per heavy atom. The van der Waals surface area contributed by atoms with E-state index in [-0.39, 0.29) is 17.2 Å². The number of rotatable bonds is 2. The summed E-state index contributed by atoms with van der Waals surface area (Å²) in [5, 5.41) is 1.09. The lowest BCUT2D eigenvalue weighted by Gasteiger charge is -2.08. The third-order valence-corrected chi connectivity index (χ3v) is 3.64. The van der Waals surface area contributed by atoms with Crippen LogP contribution in [-0.4, -0.2) is 10.8 Å². The van der Waals surface area contributed by atoms with Gasteiger partial charge in [-0.1, -0.05) is 0 Å². The van der Waals surface area contributed by atoms with Crippen LogP contribution in [0.3, 0.4) is 0 Å². The van der Waals surface area contributed by atoms with Gasteiger partial charge in [-0.3, -0.25) is 9.59 Å². The van der Waals surface area contributed by atoms with E-state index in [9.17, 15) is 14.0 Å². The van der Waals surface area contributed by atoms with Crippen molar-refractivity contribution in [2.24, 2.45) is 0 Å². The average molecular weight is 295 g/mol. The third-order valence-electron chi connectivity index (χ3n) is 3.64. The number of carbonyl (C=O) groups excluding carboxylic acids is 1. The molecule has 0 aliphatic heterocycles. The summed E-state index contributed by atoms with van der Waals surface area (Å²) in [5.74, 6) is -0.434. The molecule has 0 fully saturated rings. The molecule has 4 heteroatoms. The minimum atomic E-state index is -0.341. The van der Waals surface area contributed by atoms with Crippen LogP contribution >= 0.6 is 0 Å². The number of carbonyl (C=O) groups is 1. The van der Waals surface area contributed by atoms with Crippen LogP contribution in [0.1, 0.15) is 22.8 Å². The van der Waals surface area contributed by atoms with E-state index < -0.39 is 0 Å². The highest BCUT2D eigenvalue weighted by Gasteiger charge is 2.11. The number of halogens is 1. The van der Waals surface area contributed by atoms with Crippen molar-refractivity contribution in [1.29, 1.82) is 0 Å². The molecule has 3 rings (SSSR count). The Balaban J connectivity index is 2.34. The van der Waals surface area contributed by atoms with Crippen molar-refractivity contribution in [3.8, 4) is 11.3 Å². The number of nitrogens with one attached hydrogen (secondary N) is 1. The lowest BCUT2D eigenvalue weighted by molar-refractivity contribution is 0.101. The van der Waals surface area contributed by atoms with Crippen LogP contribution in [0.15, 0.2) is 47.3 Å². The largest absolute Gasteiger partial charge is 0.321 e. The predicted molar refractivity (Wildman–Crippen MR) is 84.7 cm³/mol. The van der Waals surface area contributed by atoms with E-state index >= 15 is 0 Å². The van der Waals surface area contributed by atoms with Crippen molar-refractivity contribution >= 4 is 16.6 Å². The zero-order valence-corrected chi connectivity index (χ0v) is 12.2. The van der Waals surface area contributed by atoms with Crippen LogP contribution in [-0.2, 0) is 0 Å². The van der Waals surface area contributed by atoms with E-state index in [0.717, 1.165) is 5.56 Å². The fraction of sp³-hybridized carbons (Fsp3) is 0.111. The maximum atomic E-state index is 13.0. The van der Waals surface area contributed by atoms with Gasteiger partial charge in [0.05, 0.1) is 0 Å². The molecular weight excluding hydrogens is 281 g/mol. The maximum Gasteiger partial charge on any atom is 0.256 e. The monoisotopic (exact) mass is 295 g/mol. The Kier molecular flexibility index (Phi) is 3.37. The third kappa shape index (κ3) is 2.44. The number of benzene rings is 2. The fourth-order valence-corrected chi connectivity index (χ4v) is 2.59. The predicted octanol–water partition coefficient (Wildman–Crippen LogP) is 3.85. The van der Waals surface area contributed by atoms with Crippen molar-refractivity contribution in [3.05, 3.63) is 69.8 Å². The number of ketones is 1. The molecule has 1 N–H and O–H groups in total. The zero-order valence-electron chi connectivity index (χ0n) is 12.2. The minimum Gasteiger partial charge on any atom is -0.321 e. The lowest BCUT2D eigenvalue weighted by atomic mass is 9.98. The van der Waals surface area contributed by atoms with Gasteiger partial charge in [-0.15, -0.1) is 0 Å². The van der Waals surface area contributed by atoms with E-state index in [0.29, 0.717) is 27.6 Å². The first-order valence-electron chi connectivity index (χ1n) is 6.90. The number of fused-ring (bicyclic) bond motifs is 1. The molecule has 3 nitrogen and oxygen atoms in total. The van der Waals surface area contributed by atoms with Gasteiger partial charge >= 0.3 is 0 Å². The van der Waals surface area contributed by atoms with E-state index in [1.54, 1.807) is 30.3 Å². The van der Waals surface area contributed by atoms with Gasteiger partial charge in [-0.2, -0.15) is 0 Å². The van der Waals surface area contributed by atoms with Crippen molar-refractivity contribution in [2.45, 2.75) is 13.8 Å². The second-order valence-corrected chi connectivity index (χ2v) is 5.35. The molecule has 0 aliphatic rings. The first-order chi connectivity index (χ1) is 10.5. The number of aromatic nitrogens is 1. The second kappa shape index (κ2) is 5.22. The highest BCUT2D eigenvalue weighted by atomic mass is 19.1. The standard InChI is InChI=1S/C18H14FNO2/c1-10-7-14(11(2)21)15-9-17(20-18(22)16(15)8-10)12-3-5-13(19)6-4-12/h3-9H,1-2H3,(H,20,22). The summed E-state index contributed by atoms with van der Waals surface area (Å²) in [6, 6.07) is 11.1. The highest BCUT2D eigenvalue weighted by Crippen LogP contribution is 2.24. The molecule has 0 unspecified atom stereocenters. The Morgan fingerprint density at radius 3 is 2.36 bits per heavy atom. The van der Waals surface area contributed by atoms with Gasteiger partial charge in [0.15, 0.2) is 5.78 Å².